The van der Waals surface area contributed by atoms with E-state index in [9.17, 15) is 0 Å². The number of benzene rings is 1. The van der Waals surface area contributed by atoms with Gasteiger partial charge in [0.2, 0.25) is 0 Å². The van der Waals surface area contributed by atoms with Crippen molar-refractivity contribution in [2.24, 2.45) is 12.8 Å². The third-order valence-corrected chi connectivity index (χ3v) is 3.35. The molecule has 2 N–H and O–H groups in total. The molecule has 0 amide bonds. The van der Waals surface area contributed by atoms with E-state index in [0.29, 0.717) is 13.2 Å². The van der Waals surface area contributed by atoms with Crippen molar-refractivity contribution in [2.45, 2.75) is 12.5 Å². The Balaban J connectivity index is 1.60. The van der Waals surface area contributed by atoms with Crippen LogP contribution in [0.2, 0.25) is 0 Å². The molecule has 1 aromatic heterocycles. The van der Waals surface area contributed by atoms with Crippen LogP contribution in [0, 0.1) is 0 Å². The lowest BCUT2D eigenvalue weighted by Gasteiger charge is -2.08. The zero-order chi connectivity index (χ0) is 13.2. The molecule has 0 saturated heterocycles. The summed E-state index contributed by atoms with van der Waals surface area (Å²) in [5.41, 5.74) is 8.11. The number of nitrogens with zero attached hydrogens (tertiary/aromatic N) is 2. The van der Waals surface area contributed by atoms with E-state index in [1.54, 1.807) is 6.20 Å². The summed E-state index contributed by atoms with van der Waals surface area (Å²) >= 11 is 0. The molecule has 100 valence electrons. The number of fused-ring (bicyclic) bond motifs is 1. The highest BCUT2D eigenvalue weighted by Gasteiger charge is 2.20. The fraction of sp³-hybridized carbons (Fsp3) is 0.357. The minimum atomic E-state index is -0.0153. The van der Waals surface area contributed by atoms with Gasteiger partial charge in [-0.1, -0.05) is 0 Å². The van der Waals surface area contributed by atoms with Crippen molar-refractivity contribution in [3.63, 3.8) is 0 Å². The van der Waals surface area contributed by atoms with Crippen LogP contribution in [-0.4, -0.2) is 23.0 Å². The molecule has 1 aliphatic heterocycles. The van der Waals surface area contributed by atoms with Crippen LogP contribution in [-0.2, 0) is 13.5 Å². The summed E-state index contributed by atoms with van der Waals surface area (Å²) in [5, 5.41) is 4.13. The lowest BCUT2D eigenvalue weighted by Crippen LogP contribution is -2.10. The Hall–Kier alpha value is -2.01. The fourth-order valence-corrected chi connectivity index (χ4v) is 2.23. The van der Waals surface area contributed by atoms with Crippen LogP contribution < -0.4 is 15.2 Å². The summed E-state index contributed by atoms with van der Waals surface area (Å²) < 4.78 is 13.1. The second-order valence-electron chi connectivity index (χ2n) is 4.66. The van der Waals surface area contributed by atoms with E-state index in [4.69, 9.17) is 15.2 Å². The van der Waals surface area contributed by atoms with Crippen LogP contribution >= 0.6 is 0 Å². The average Bonchev–Trinajstić information content (AvgIpc) is 2.97. The summed E-state index contributed by atoms with van der Waals surface area (Å²) in [5.74, 6) is 1.65. The Kier molecular flexibility index (Phi) is 3.13. The smallest absolute Gasteiger partial charge is 0.127 e. The first-order chi connectivity index (χ1) is 9.24. The Labute approximate surface area is 111 Å². The van der Waals surface area contributed by atoms with Gasteiger partial charge >= 0.3 is 0 Å². The number of hydrogen-bond acceptors (Lipinski definition) is 4. The van der Waals surface area contributed by atoms with Gasteiger partial charge < -0.3 is 15.2 Å². The molecule has 0 saturated carbocycles. The number of aryl methyl sites for hydroxylation is 1. The standard InChI is InChI=1S/C14H17N3O2/c1-17-10(4-6-16-17)5-7-18-11-2-3-12-13(15)9-19-14(12)8-11/h2-4,6,8,13H,5,7,9,15H2,1H3. The van der Waals surface area contributed by atoms with Crippen LogP contribution in [0.3, 0.4) is 0 Å². The van der Waals surface area contributed by atoms with Crippen molar-refractivity contribution in [3.8, 4) is 11.5 Å². The van der Waals surface area contributed by atoms with Crippen molar-refractivity contribution >= 4 is 0 Å². The van der Waals surface area contributed by atoms with Gasteiger partial charge in [-0.2, -0.15) is 5.10 Å². The Bertz CT molecular complexity index is 580. The number of rotatable bonds is 4. The zero-order valence-electron chi connectivity index (χ0n) is 10.9. The quantitative estimate of drug-likeness (QED) is 0.902. The molecular weight excluding hydrogens is 242 g/mol. The van der Waals surface area contributed by atoms with Crippen molar-refractivity contribution in [3.05, 3.63) is 41.7 Å². The predicted molar refractivity (Wildman–Crippen MR) is 71.3 cm³/mol. The highest BCUT2D eigenvalue weighted by atomic mass is 16.5. The molecule has 0 aliphatic carbocycles. The zero-order valence-corrected chi connectivity index (χ0v) is 10.9. The van der Waals surface area contributed by atoms with Gasteiger partial charge in [0.25, 0.3) is 0 Å². The highest BCUT2D eigenvalue weighted by molar-refractivity contribution is 5.44. The molecule has 3 rings (SSSR count). The van der Waals surface area contributed by atoms with Gasteiger partial charge in [-0.15, -0.1) is 0 Å². The number of hydrogen-bond donors (Lipinski definition) is 1. The normalized spacial score (nSPS) is 17.1. The first-order valence-electron chi connectivity index (χ1n) is 6.36. The molecule has 0 bridgehead atoms. The van der Waals surface area contributed by atoms with Crippen molar-refractivity contribution in [2.75, 3.05) is 13.2 Å². The first-order valence-corrected chi connectivity index (χ1v) is 6.36. The van der Waals surface area contributed by atoms with Crippen LogP contribution in [0.15, 0.2) is 30.5 Å². The van der Waals surface area contributed by atoms with Crippen molar-refractivity contribution in [1.82, 2.24) is 9.78 Å². The lowest BCUT2D eigenvalue weighted by atomic mass is 10.1. The molecule has 19 heavy (non-hydrogen) atoms. The second kappa shape index (κ2) is 4.93. The van der Waals surface area contributed by atoms with Crippen LogP contribution in [0.5, 0.6) is 11.5 Å². The van der Waals surface area contributed by atoms with E-state index in [0.717, 1.165) is 29.2 Å². The molecule has 1 aliphatic rings. The molecule has 2 heterocycles. The van der Waals surface area contributed by atoms with Gasteiger partial charge in [0.15, 0.2) is 0 Å². The molecule has 0 radical (unpaired) electrons. The summed E-state index contributed by atoms with van der Waals surface area (Å²) in [6.07, 6.45) is 2.62. The van der Waals surface area contributed by atoms with Gasteiger partial charge in [0, 0.05) is 37.0 Å². The van der Waals surface area contributed by atoms with Gasteiger partial charge in [-0.05, 0) is 18.2 Å². The number of ether oxygens (including phenoxy) is 2. The lowest BCUT2D eigenvalue weighted by molar-refractivity contribution is 0.311. The minimum absolute atomic E-state index is 0.0153. The largest absolute Gasteiger partial charge is 0.493 e. The molecule has 5 nitrogen and oxygen atoms in total. The molecule has 0 spiro atoms. The van der Waals surface area contributed by atoms with Crippen molar-refractivity contribution in [1.29, 1.82) is 0 Å². The van der Waals surface area contributed by atoms with Gasteiger partial charge in [0.1, 0.15) is 18.1 Å². The Morgan fingerprint density at radius 1 is 1.47 bits per heavy atom. The van der Waals surface area contributed by atoms with Crippen LogP contribution in [0.1, 0.15) is 17.3 Å². The average molecular weight is 259 g/mol. The van der Waals surface area contributed by atoms with E-state index in [1.807, 2.05) is 36.0 Å². The molecule has 5 heteroatoms. The highest BCUT2D eigenvalue weighted by Crippen LogP contribution is 2.33. The molecule has 0 fully saturated rings. The maximum atomic E-state index is 5.90. The molecule has 1 aromatic carbocycles. The first kappa shape index (κ1) is 12.0. The number of nitrogens with two attached hydrogens (primary N) is 1. The predicted octanol–water partition coefficient (Wildman–Crippen LogP) is 1.43. The molecule has 2 aromatic rings. The summed E-state index contributed by atoms with van der Waals surface area (Å²) in [6, 6.07) is 7.81. The minimum Gasteiger partial charge on any atom is -0.493 e. The summed E-state index contributed by atoms with van der Waals surface area (Å²) in [4.78, 5) is 0. The van der Waals surface area contributed by atoms with E-state index < -0.39 is 0 Å². The number of aromatic nitrogens is 2. The Morgan fingerprint density at radius 3 is 3.16 bits per heavy atom. The van der Waals surface area contributed by atoms with Gasteiger partial charge in [-0.25, -0.2) is 0 Å². The van der Waals surface area contributed by atoms with Gasteiger partial charge in [0.05, 0.1) is 12.6 Å². The van der Waals surface area contributed by atoms with E-state index in [1.165, 1.54) is 0 Å². The maximum absolute atomic E-state index is 5.90. The maximum Gasteiger partial charge on any atom is 0.127 e. The van der Waals surface area contributed by atoms with E-state index >= 15 is 0 Å². The summed E-state index contributed by atoms with van der Waals surface area (Å²) in [6.45, 7) is 1.16. The monoisotopic (exact) mass is 259 g/mol. The third-order valence-electron chi connectivity index (χ3n) is 3.35. The summed E-state index contributed by atoms with van der Waals surface area (Å²) in [7, 11) is 1.93. The third kappa shape index (κ3) is 2.42. The van der Waals surface area contributed by atoms with E-state index in [2.05, 4.69) is 5.10 Å². The van der Waals surface area contributed by atoms with E-state index in [-0.39, 0.29) is 6.04 Å². The van der Waals surface area contributed by atoms with Crippen molar-refractivity contribution < 1.29 is 9.47 Å². The molecule has 1 unspecified atom stereocenters. The molecular formula is C14H17N3O2. The van der Waals surface area contributed by atoms with Crippen LogP contribution in [0.4, 0.5) is 0 Å². The molecule has 1 atom stereocenters. The van der Waals surface area contributed by atoms with Gasteiger partial charge in [-0.3, -0.25) is 4.68 Å². The van der Waals surface area contributed by atoms with Crippen LogP contribution in [0.25, 0.3) is 0 Å². The Morgan fingerprint density at radius 2 is 2.37 bits per heavy atom. The SMILES string of the molecule is Cn1nccc1CCOc1ccc2c(c1)OCC2N. The fourth-order valence-electron chi connectivity index (χ4n) is 2.23. The second-order valence-corrected chi connectivity index (χ2v) is 4.66. The topological polar surface area (TPSA) is 62.3 Å².